The molecule has 2 N–H and O–H groups in total. The van der Waals surface area contributed by atoms with Gasteiger partial charge in [0.25, 0.3) is 0 Å². The number of hydrogen-bond acceptors (Lipinski definition) is 3. The van der Waals surface area contributed by atoms with Crippen LogP contribution in [-0.4, -0.2) is 35.9 Å². The lowest BCUT2D eigenvalue weighted by Crippen LogP contribution is -2.50. The highest BCUT2D eigenvalue weighted by Crippen LogP contribution is 2.34. The Hall–Kier alpha value is -0.710. The maximum atomic E-state index is 12.3. The van der Waals surface area contributed by atoms with Gasteiger partial charge in [0.1, 0.15) is 6.04 Å². The number of amides is 2. The van der Waals surface area contributed by atoms with Crippen molar-refractivity contribution in [2.75, 3.05) is 18.1 Å². The van der Waals surface area contributed by atoms with E-state index in [-0.39, 0.29) is 29.2 Å². The minimum absolute atomic E-state index is 0.0118. The van der Waals surface area contributed by atoms with Gasteiger partial charge in [-0.2, -0.15) is 11.8 Å². The van der Waals surface area contributed by atoms with E-state index in [0.29, 0.717) is 6.54 Å². The average molecular weight is 284 g/mol. The zero-order valence-electron chi connectivity index (χ0n) is 11.8. The summed E-state index contributed by atoms with van der Waals surface area (Å²) in [6.07, 6.45) is 3.70. The number of carbonyl (C=O) groups excluding carboxylic acids is 2. The van der Waals surface area contributed by atoms with Crippen molar-refractivity contribution >= 4 is 23.6 Å². The largest absolute Gasteiger partial charge is 0.354 e. The zero-order chi connectivity index (χ0) is 13.9. The summed E-state index contributed by atoms with van der Waals surface area (Å²) in [5.74, 6) is 2.28. The molecule has 0 aromatic heterocycles. The van der Waals surface area contributed by atoms with Gasteiger partial charge >= 0.3 is 0 Å². The topological polar surface area (TPSA) is 58.2 Å². The molecule has 0 aliphatic carbocycles. The van der Waals surface area contributed by atoms with E-state index in [0.717, 1.165) is 37.2 Å². The first kappa shape index (κ1) is 14.7. The van der Waals surface area contributed by atoms with Crippen molar-refractivity contribution in [3.05, 3.63) is 0 Å². The van der Waals surface area contributed by atoms with Gasteiger partial charge in [0.2, 0.25) is 11.8 Å². The fourth-order valence-corrected chi connectivity index (χ4v) is 4.20. The van der Waals surface area contributed by atoms with E-state index in [1.54, 1.807) is 0 Å². The summed E-state index contributed by atoms with van der Waals surface area (Å²) in [7, 11) is 0. The predicted octanol–water partition coefficient (Wildman–Crippen LogP) is 1.55. The Morgan fingerprint density at radius 1 is 1.37 bits per heavy atom. The molecule has 2 saturated heterocycles. The van der Waals surface area contributed by atoms with Crippen LogP contribution in [0.4, 0.5) is 0 Å². The van der Waals surface area contributed by atoms with Crippen LogP contribution in [0.15, 0.2) is 0 Å². The second-order valence-corrected chi connectivity index (χ2v) is 6.84. The second-order valence-electron chi connectivity index (χ2n) is 5.62. The van der Waals surface area contributed by atoms with Crippen molar-refractivity contribution in [3.63, 3.8) is 0 Å². The summed E-state index contributed by atoms with van der Waals surface area (Å²) in [6.45, 7) is 4.88. The van der Waals surface area contributed by atoms with Gasteiger partial charge in [-0.3, -0.25) is 9.59 Å². The molecule has 1 unspecified atom stereocenters. The third-order valence-electron chi connectivity index (χ3n) is 4.78. The maximum Gasteiger partial charge on any atom is 0.243 e. The molecule has 0 radical (unpaired) electrons. The Morgan fingerprint density at radius 2 is 2.00 bits per heavy atom. The summed E-state index contributed by atoms with van der Waals surface area (Å²) in [5.41, 5.74) is -0.101. The molecule has 2 amide bonds. The van der Waals surface area contributed by atoms with Crippen LogP contribution in [0.1, 0.15) is 39.5 Å². The van der Waals surface area contributed by atoms with E-state index in [1.807, 2.05) is 11.8 Å². The molecular weight excluding hydrogens is 260 g/mol. The average Bonchev–Trinajstić information content (AvgIpc) is 2.77. The number of carbonyl (C=O) groups is 2. The van der Waals surface area contributed by atoms with Crippen LogP contribution < -0.4 is 10.6 Å². The van der Waals surface area contributed by atoms with Crippen LogP contribution in [0.5, 0.6) is 0 Å². The van der Waals surface area contributed by atoms with Gasteiger partial charge in [0.05, 0.1) is 0 Å². The molecule has 4 nitrogen and oxygen atoms in total. The molecule has 2 fully saturated rings. The molecular formula is C14H24N2O2S. The normalized spacial score (nSPS) is 27.1. The maximum absolute atomic E-state index is 12.3. The van der Waals surface area contributed by atoms with Crippen LogP contribution in [0.25, 0.3) is 0 Å². The van der Waals surface area contributed by atoms with E-state index in [1.165, 1.54) is 0 Å². The Morgan fingerprint density at radius 3 is 2.58 bits per heavy atom. The molecule has 19 heavy (non-hydrogen) atoms. The number of rotatable bonds is 4. The second kappa shape index (κ2) is 6.16. The molecule has 2 heterocycles. The molecule has 0 bridgehead atoms. The number of nitrogens with one attached hydrogen (secondary N) is 2. The lowest BCUT2D eigenvalue weighted by Gasteiger charge is -2.32. The molecule has 2 rings (SSSR count). The first-order valence-corrected chi connectivity index (χ1v) is 8.44. The highest BCUT2D eigenvalue weighted by atomic mass is 32.2. The third-order valence-corrected chi connectivity index (χ3v) is 5.82. The van der Waals surface area contributed by atoms with E-state index >= 15 is 0 Å². The Bertz CT molecular complexity index is 349. The molecule has 108 valence electrons. The fourth-order valence-electron chi connectivity index (χ4n) is 3.09. The highest BCUT2D eigenvalue weighted by molar-refractivity contribution is 7.99. The van der Waals surface area contributed by atoms with Crippen molar-refractivity contribution in [2.24, 2.45) is 11.3 Å². The molecule has 1 atom stereocenters. The summed E-state index contributed by atoms with van der Waals surface area (Å²) < 4.78 is 0. The number of thioether (sulfide) groups is 1. The lowest BCUT2D eigenvalue weighted by atomic mass is 9.77. The van der Waals surface area contributed by atoms with Crippen molar-refractivity contribution in [3.8, 4) is 0 Å². The van der Waals surface area contributed by atoms with Gasteiger partial charge in [0.15, 0.2) is 0 Å². The molecule has 2 aliphatic heterocycles. The summed E-state index contributed by atoms with van der Waals surface area (Å²) >= 11 is 1.91. The summed E-state index contributed by atoms with van der Waals surface area (Å²) in [4.78, 5) is 24.3. The van der Waals surface area contributed by atoms with E-state index in [9.17, 15) is 9.59 Å². The zero-order valence-corrected chi connectivity index (χ0v) is 12.6. The highest BCUT2D eigenvalue weighted by Gasteiger charge is 2.47. The Balaban J connectivity index is 2.03. The molecule has 0 aromatic carbocycles. The molecule has 2 aliphatic rings. The quantitative estimate of drug-likeness (QED) is 0.823. The van der Waals surface area contributed by atoms with Gasteiger partial charge < -0.3 is 10.6 Å². The standard InChI is InChI=1S/C14H24N2O2S/c1-3-14(4-2)9-15-13(18)11(14)16-12(17)10-5-7-19-8-6-10/h10-11H,3-9H2,1-2H3,(H,15,18)(H,16,17). The van der Waals surface area contributed by atoms with Gasteiger partial charge in [-0.15, -0.1) is 0 Å². The molecule has 5 heteroatoms. The van der Waals surface area contributed by atoms with Crippen LogP contribution in [-0.2, 0) is 9.59 Å². The van der Waals surface area contributed by atoms with Crippen LogP contribution >= 0.6 is 11.8 Å². The van der Waals surface area contributed by atoms with Gasteiger partial charge in [-0.05, 0) is 37.2 Å². The number of hydrogen-bond donors (Lipinski definition) is 2. The fraction of sp³-hybridized carbons (Fsp3) is 0.857. The molecule has 0 saturated carbocycles. The van der Waals surface area contributed by atoms with Crippen molar-refractivity contribution < 1.29 is 9.59 Å². The van der Waals surface area contributed by atoms with E-state index in [4.69, 9.17) is 0 Å². The van der Waals surface area contributed by atoms with Gasteiger partial charge in [0, 0.05) is 17.9 Å². The third kappa shape index (κ3) is 2.91. The van der Waals surface area contributed by atoms with Crippen molar-refractivity contribution in [2.45, 2.75) is 45.6 Å². The van der Waals surface area contributed by atoms with Crippen molar-refractivity contribution in [1.29, 1.82) is 0 Å². The van der Waals surface area contributed by atoms with Crippen LogP contribution in [0, 0.1) is 11.3 Å². The first-order valence-electron chi connectivity index (χ1n) is 7.29. The molecule has 0 aromatic rings. The SMILES string of the molecule is CCC1(CC)CNC(=O)C1NC(=O)C1CCSCC1. The van der Waals surface area contributed by atoms with Crippen LogP contribution in [0.3, 0.4) is 0 Å². The smallest absolute Gasteiger partial charge is 0.243 e. The Labute approximate surface area is 119 Å². The summed E-state index contributed by atoms with van der Waals surface area (Å²) in [5, 5.41) is 5.94. The van der Waals surface area contributed by atoms with Crippen molar-refractivity contribution in [1.82, 2.24) is 10.6 Å². The lowest BCUT2D eigenvalue weighted by molar-refractivity contribution is -0.131. The van der Waals surface area contributed by atoms with Gasteiger partial charge in [-0.1, -0.05) is 13.8 Å². The molecule has 0 spiro atoms. The van der Waals surface area contributed by atoms with E-state index < -0.39 is 0 Å². The first-order chi connectivity index (χ1) is 9.13. The Kier molecular flexibility index (Phi) is 4.76. The summed E-state index contributed by atoms with van der Waals surface area (Å²) in [6, 6.07) is -0.343. The minimum atomic E-state index is -0.343. The minimum Gasteiger partial charge on any atom is -0.354 e. The van der Waals surface area contributed by atoms with E-state index in [2.05, 4.69) is 24.5 Å². The van der Waals surface area contributed by atoms with Crippen LogP contribution in [0.2, 0.25) is 0 Å². The predicted molar refractivity (Wildman–Crippen MR) is 78.0 cm³/mol. The monoisotopic (exact) mass is 284 g/mol. The van der Waals surface area contributed by atoms with Gasteiger partial charge in [-0.25, -0.2) is 0 Å².